The molecule has 1 aromatic rings. The van der Waals surface area contributed by atoms with Gasteiger partial charge in [-0.25, -0.2) is 0 Å². The van der Waals surface area contributed by atoms with Gasteiger partial charge in [0.2, 0.25) is 0 Å². The Morgan fingerprint density at radius 2 is 2.00 bits per heavy atom. The highest BCUT2D eigenvalue weighted by Crippen LogP contribution is 2.20. The first-order chi connectivity index (χ1) is 9.31. The van der Waals surface area contributed by atoms with Crippen molar-refractivity contribution in [2.45, 2.75) is 13.5 Å². The molecule has 1 N–H and O–H groups in total. The minimum atomic E-state index is -0.147. The molecule has 0 aliphatic carbocycles. The molecule has 0 saturated heterocycles. The van der Waals surface area contributed by atoms with Crippen LogP contribution >= 0.6 is 0 Å². The maximum atomic E-state index is 8.68. The molecule has 0 aliphatic heterocycles. The van der Waals surface area contributed by atoms with Gasteiger partial charge in [-0.05, 0) is 25.1 Å². The van der Waals surface area contributed by atoms with E-state index in [1.165, 1.54) is 0 Å². The predicted octanol–water partition coefficient (Wildman–Crippen LogP) is 1.59. The Morgan fingerprint density at radius 3 is 2.68 bits per heavy atom. The van der Waals surface area contributed by atoms with Crippen molar-refractivity contribution in [2.24, 2.45) is 0 Å². The van der Waals surface area contributed by atoms with Crippen LogP contribution in [0.15, 0.2) is 18.2 Å². The second kappa shape index (κ2) is 9.40. The van der Waals surface area contributed by atoms with Crippen molar-refractivity contribution in [3.8, 4) is 17.6 Å². The van der Waals surface area contributed by atoms with Gasteiger partial charge in [-0.1, -0.05) is 11.8 Å². The normalized spacial score (nSPS) is 9.84. The summed E-state index contributed by atoms with van der Waals surface area (Å²) in [5.74, 6) is 6.25. The number of ether oxygens (including phenoxy) is 3. The number of rotatable bonds is 7. The Bertz CT molecular complexity index is 432. The van der Waals surface area contributed by atoms with Crippen molar-refractivity contribution in [3.05, 3.63) is 29.3 Å². The molecule has 0 atom stereocenters. The fourth-order valence-electron chi connectivity index (χ4n) is 1.56. The zero-order chi connectivity index (χ0) is 13.9. The molecule has 19 heavy (non-hydrogen) atoms. The highest BCUT2D eigenvalue weighted by molar-refractivity contribution is 5.44. The maximum absolute atomic E-state index is 8.68. The molecule has 0 aliphatic rings. The van der Waals surface area contributed by atoms with E-state index in [0.717, 1.165) is 16.9 Å². The molecule has 1 rings (SSSR count). The molecule has 4 nitrogen and oxygen atoms in total. The molecular formula is C15H20O4. The van der Waals surface area contributed by atoms with E-state index in [-0.39, 0.29) is 6.61 Å². The Kier molecular flexibility index (Phi) is 7.68. The van der Waals surface area contributed by atoms with Gasteiger partial charge in [-0.3, -0.25) is 0 Å². The third kappa shape index (κ3) is 5.75. The molecule has 0 amide bonds. The third-order valence-corrected chi connectivity index (χ3v) is 2.43. The second-order valence-corrected chi connectivity index (χ2v) is 3.74. The van der Waals surface area contributed by atoms with E-state index in [9.17, 15) is 0 Å². The van der Waals surface area contributed by atoms with Crippen LogP contribution in [0.1, 0.15) is 18.1 Å². The quantitative estimate of drug-likeness (QED) is 0.600. The Labute approximate surface area is 114 Å². The summed E-state index contributed by atoms with van der Waals surface area (Å²) in [4.78, 5) is 0. The molecule has 0 spiro atoms. The fourth-order valence-corrected chi connectivity index (χ4v) is 1.56. The molecule has 0 bridgehead atoms. The standard InChI is InChI=1S/C15H20O4/c1-3-18-9-10-19-12-14-11-13(5-4-8-16)6-7-15(14)17-2/h6-7,11,16H,3,8-10,12H2,1-2H3. The van der Waals surface area contributed by atoms with Crippen LogP contribution in [0.4, 0.5) is 0 Å². The number of hydrogen-bond donors (Lipinski definition) is 1. The summed E-state index contributed by atoms with van der Waals surface area (Å²) >= 11 is 0. The molecule has 4 heteroatoms. The smallest absolute Gasteiger partial charge is 0.124 e. The van der Waals surface area contributed by atoms with Crippen LogP contribution in [0.2, 0.25) is 0 Å². The zero-order valence-electron chi connectivity index (χ0n) is 11.4. The maximum Gasteiger partial charge on any atom is 0.124 e. The first kappa shape index (κ1) is 15.5. The van der Waals surface area contributed by atoms with Gasteiger partial charge in [0, 0.05) is 17.7 Å². The number of benzene rings is 1. The van der Waals surface area contributed by atoms with Crippen LogP contribution in [0.5, 0.6) is 5.75 Å². The van der Waals surface area contributed by atoms with Gasteiger partial charge in [-0.2, -0.15) is 0 Å². The van der Waals surface area contributed by atoms with Crippen LogP contribution in [-0.4, -0.2) is 38.6 Å². The second-order valence-electron chi connectivity index (χ2n) is 3.74. The van der Waals surface area contributed by atoms with Crippen LogP contribution in [0.3, 0.4) is 0 Å². The van der Waals surface area contributed by atoms with Crippen LogP contribution in [0.25, 0.3) is 0 Å². The largest absolute Gasteiger partial charge is 0.496 e. The molecule has 0 saturated carbocycles. The summed E-state index contributed by atoms with van der Waals surface area (Å²) < 4.78 is 16.0. The number of hydrogen-bond acceptors (Lipinski definition) is 4. The lowest BCUT2D eigenvalue weighted by Gasteiger charge is -2.10. The molecule has 104 valence electrons. The summed E-state index contributed by atoms with van der Waals surface area (Å²) in [6.45, 7) is 4.08. The van der Waals surface area contributed by atoms with Crippen LogP contribution < -0.4 is 4.74 Å². The van der Waals surface area contributed by atoms with Crippen LogP contribution in [-0.2, 0) is 16.1 Å². The first-order valence-corrected chi connectivity index (χ1v) is 6.24. The van der Waals surface area contributed by atoms with Gasteiger partial charge >= 0.3 is 0 Å². The lowest BCUT2D eigenvalue weighted by molar-refractivity contribution is 0.0446. The van der Waals surface area contributed by atoms with Crippen molar-refractivity contribution in [1.29, 1.82) is 0 Å². The van der Waals surface area contributed by atoms with E-state index in [1.54, 1.807) is 7.11 Å². The predicted molar refractivity (Wildman–Crippen MR) is 73.1 cm³/mol. The summed E-state index contributed by atoms with van der Waals surface area (Å²) in [5, 5.41) is 8.68. The summed E-state index contributed by atoms with van der Waals surface area (Å²) in [6.07, 6.45) is 0. The average molecular weight is 264 g/mol. The van der Waals surface area contributed by atoms with Crippen LogP contribution in [0, 0.1) is 11.8 Å². The van der Waals surface area contributed by atoms with E-state index < -0.39 is 0 Å². The van der Waals surface area contributed by atoms with Gasteiger partial charge in [0.25, 0.3) is 0 Å². The minimum Gasteiger partial charge on any atom is -0.496 e. The van der Waals surface area contributed by atoms with Crippen molar-refractivity contribution in [3.63, 3.8) is 0 Å². The van der Waals surface area contributed by atoms with E-state index in [4.69, 9.17) is 19.3 Å². The lowest BCUT2D eigenvalue weighted by atomic mass is 10.1. The van der Waals surface area contributed by atoms with Crippen molar-refractivity contribution in [2.75, 3.05) is 33.5 Å². The average Bonchev–Trinajstić information content (AvgIpc) is 2.45. The molecule has 0 aromatic heterocycles. The van der Waals surface area contributed by atoms with Gasteiger partial charge in [0.05, 0.1) is 26.9 Å². The lowest BCUT2D eigenvalue weighted by Crippen LogP contribution is -2.05. The topological polar surface area (TPSA) is 47.9 Å². The summed E-state index contributed by atoms with van der Waals surface area (Å²) in [6, 6.07) is 5.61. The summed E-state index contributed by atoms with van der Waals surface area (Å²) in [7, 11) is 1.62. The SMILES string of the molecule is CCOCCOCc1cc(C#CCO)ccc1OC. The Balaban J connectivity index is 2.62. The molecular weight excluding hydrogens is 244 g/mol. The monoisotopic (exact) mass is 264 g/mol. The van der Waals surface area contributed by atoms with E-state index in [1.807, 2.05) is 25.1 Å². The van der Waals surface area contributed by atoms with Crippen molar-refractivity contribution >= 4 is 0 Å². The number of aliphatic hydroxyl groups excluding tert-OH is 1. The fraction of sp³-hybridized carbons (Fsp3) is 0.467. The molecule has 0 fully saturated rings. The first-order valence-electron chi connectivity index (χ1n) is 6.24. The number of methoxy groups -OCH3 is 1. The van der Waals surface area contributed by atoms with Crippen molar-refractivity contribution < 1.29 is 19.3 Å². The Hall–Kier alpha value is -1.54. The van der Waals surface area contributed by atoms with E-state index >= 15 is 0 Å². The van der Waals surface area contributed by atoms with Gasteiger partial charge in [-0.15, -0.1) is 0 Å². The highest BCUT2D eigenvalue weighted by atomic mass is 16.5. The zero-order valence-corrected chi connectivity index (χ0v) is 11.4. The summed E-state index contributed by atoms with van der Waals surface area (Å²) in [5.41, 5.74) is 1.77. The van der Waals surface area contributed by atoms with Gasteiger partial charge < -0.3 is 19.3 Å². The molecule has 0 radical (unpaired) electrons. The van der Waals surface area contributed by atoms with Crippen molar-refractivity contribution in [1.82, 2.24) is 0 Å². The highest BCUT2D eigenvalue weighted by Gasteiger charge is 2.04. The molecule has 0 heterocycles. The van der Waals surface area contributed by atoms with Gasteiger partial charge in [0.15, 0.2) is 0 Å². The van der Waals surface area contributed by atoms with Gasteiger partial charge in [0.1, 0.15) is 12.4 Å². The minimum absolute atomic E-state index is 0.147. The number of aliphatic hydroxyl groups is 1. The Morgan fingerprint density at radius 1 is 1.21 bits per heavy atom. The van der Waals surface area contributed by atoms with E-state index in [0.29, 0.717) is 26.4 Å². The van der Waals surface area contributed by atoms with E-state index in [2.05, 4.69) is 11.8 Å². The third-order valence-electron chi connectivity index (χ3n) is 2.43. The molecule has 1 aromatic carbocycles. The molecule has 0 unspecified atom stereocenters.